The smallest absolute Gasteiger partial charge is 0.240 e. The van der Waals surface area contributed by atoms with Crippen LogP contribution in [0.5, 0.6) is 0 Å². The molecule has 2 fully saturated rings. The predicted octanol–water partition coefficient (Wildman–Crippen LogP) is 2.08. The van der Waals surface area contributed by atoms with Gasteiger partial charge in [-0.1, -0.05) is 23.7 Å². The maximum absolute atomic E-state index is 12.1. The molecule has 1 aromatic carbocycles. The van der Waals surface area contributed by atoms with Crippen molar-refractivity contribution in [3.8, 4) is 0 Å². The fourth-order valence-electron chi connectivity index (χ4n) is 2.95. The van der Waals surface area contributed by atoms with Crippen LogP contribution >= 0.6 is 11.6 Å². The van der Waals surface area contributed by atoms with Crippen molar-refractivity contribution in [1.82, 2.24) is 10.2 Å². The standard InChI is InChI=1S/C16H22ClN3O/c17-13-5-3-4-12(10-13)14(20-8-1-2-9-20)11-19-15(21)16(18)6-7-16/h3-5,10,14H,1-2,6-9,11,18H2,(H,19,21). The monoisotopic (exact) mass is 307 g/mol. The van der Waals surface area contributed by atoms with Gasteiger partial charge in [-0.2, -0.15) is 0 Å². The van der Waals surface area contributed by atoms with Crippen LogP contribution in [0.15, 0.2) is 24.3 Å². The molecular weight excluding hydrogens is 286 g/mol. The van der Waals surface area contributed by atoms with Gasteiger partial charge in [0.15, 0.2) is 0 Å². The maximum Gasteiger partial charge on any atom is 0.240 e. The Labute approximate surface area is 130 Å². The summed E-state index contributed by atoms with van der Waals surface area (Å²) in [5.74, 6) is -0.0197. The van der Waals surface area contributed by atoms with E-state index in [1.165, 1.54) is 12.8 Å². The Bertz CT molecular complexity index is 524. The summed E-state index contributed by atoms with van der Waals surface area (Å²) in [6.45, 7) is 2.74. The summed E-state index contributed by atoms with van der Waals surface area (Å²) in [7, 11) is 0. The van der Waals surface area contributed by atoms with E-state index in [1.807, 2.05) is 18.2 Å². The number of carbonyl (C=O) groups excluding carboxylic acids is 1. The van der Waals surface area contributed by atoms with Crippen molar-refractivity contribution in [2.24, 2.45) is 5.73 Å². The molecule has 0 bridgehead atoms. The fourth-order valence-corrected chi connectivity index (χ4v) is 3.15. The zero-order valence-corrected chi connectivity index (χ0v) is 12.9. The van der Waals surface area contributed by atoms with Gasteiger partial charge in [0.05, 0.1) is 11.6 Å². The van der Waals surface area contributed by atoms with E-state index < -0.39 is 5.54 Å². The van der Waals surface area contributed by atoms with Gasteiger partial charge in [-0.25, -0.2) is 0 Å². The zero-order chi connectivity index (χ0) is 14.9. The van der Waals surface area contributed by atoms with E-state index in [-0.39, 0.29) is 11.9 Å². The second-order valence-corrected chi connectivity index (χ2v) is 6.62. The first-order valence-electron chi connectivity index (χ1n) is 7.65. The highest BCUT2D eigenvalue weighted by Crippen LogP contribution is 2.32. The van der Waals surface area contributed by atoms with E-state index in [1.54, 1.807) is 0 Å². The first kappa shape index (κ1) is 14.8. The van der Waals surface area contributed by atoms with Crippen LogP contribution in [-0.2, 0) is 4.79 Å². The van der Waals surface area contributed by atoms with Crippen LogP contribution < -0.4 is 11.1 Å². The molecule has 1 aliphatic carbocycles. The van der Waals surface area contributed by atoms with E-state index in [0.29, 0.717) is 6.54 Å². The van der Waals surface area contributed by atoms with Gasteiger partial charge < -0.3 is 11.1 Å². The van der Waals surface area contributed by atoms with Crippen LogP contribution in [0.25, 0.3) is 0 Å². The molecule has 0 spiro atoms. The third-order valence-electron chi connectivity index (χ3n) is 4.51. The van der Waals surface area contributed by atoms with Crippen LogP contribution in [0, 0.1) is 0 Å². The van der Waals surface area contributed by atoms with Crippen molar-refractivity contribution < 1.29 is 4.79 Å². The molecule has 0 radical (unpaired) electrons. The van der Waals surface area contributed by atoms with Crippen molar-refractivity contribution in [3.05, 3.63) is 34.9 Å². The van der Waals surface area contributed by atoms with Gasteiger partial charge >= 0.3 is 0 Å². The number of rotatable bonds is 5. The number of likely N-dealkylation sites (tertiary alicyclic amines) is 1. The Balaban J connectivity index is 1.71. The Morgan fingerprint density at radius 3 is 2.71 bits per heavy atom. The number of hydrogen-bond donors (Lipinski definition) is 2. The lowest BCUT2D eigenvalue weighted by Crippen LogP contribution is -2.46. The van der Waals surface area contributed by atoms with Crippen molar-refractivity contribution in [2.45, 2.75) is 37.3 Å². The number of hydrogen-bond acceptors (Lipinski definition) is 3. The number of nitrogens with two attached hydrogens (primary N) is 1. The number of amides is 1. The SMILES string of the molecule is NC1(C(=O)NCC(c2cccc(Cl)c2)N2CCCC2)CC1. The number of nitrogens with zero attached hydrogens (tertiary/aromatic N) is 1. The third kappa shape index (κ3) is 3.39. The highest BCUT2D eigenvalue weighted by molar-refractivity contribution is 6.30. The molecular formula is C16H22ClN3O. The lowest BCUT2D eigenvalue weighted by Gasteiger charge is -2.28. The molecule has 114 valence electrons. The Hall–Kier alpha value is -1.10. The number of carbonyl (C=O) groups is 1. The summed E-state index contributed by atoms with van der Waals surface area (Å²) in [6, 6.07) is 8.09. The van der Waals surface area contributed by atoms with Crippen molar-refractivity contribution in [2.75, 3.05) is 19.6 Å². The summed E-state index contributed by atoms with van der Waals surface area (Å²) in [4.78, 5) is 14.5. The zero-order valence-electron chi connectivity index (χ0n) is 12.1. The van der Waals surface area contributed by atoms with Crippen LogP contribution in [0.4, 0.5) is 0 Å². The molecule has 1 saturated carbocycles. The third-order valence-corrected chi connectivity index (χ3v) is 4.75. The topological polar surface area (TPSA) is 58.4 Å². The van der Waals surface area contributed by atoms with Gasteiger partial charge in [-0.3, -0.25) is 9.69 Å². The summed E-state index contributed by atoms with van der Waals surface area (Å²) in [5.41, 5.74) is 6.50. The van der Waals surface area contributed by atoms with Crippen molar-refractivity contribution in [3.63, 3.8) is 0 Å². The summed E-state index contributed by atoms with van der Waals surface area (Å²) in [5, 5.41) is 3.77. The molecule has 3 N–H and O–H groups in total. The number of halogens is 1. The largest absolute Gasteiger partial charge is 0.353 e. The predicted molar refractivity (Wildman–Crippen MR) is 84.2 cm³/mol. The average molecular weight is 308 g/mol. The van der Waals surface area contributed by atoms with Crippen LogP contribution in [0.2, 0.25) is 5.02 Å². The molecule has 1 unspecified atom stereocenters. The maximum atomic E-state index is 12.1. The van der Waals surface area contributed by atoms with E-state index in [0.717, 1.165) is 36.5 Å². The molecule has 2 aliphatic rings. The Morgan fingerprint density at radius 1 is 1.38 bits per heavy atom. The van der Waals surface area contributed by atoms with E-state index >= 15 is 0 Å². The van der Waals surface area contributed by atoms with Gasteiger partial charge in [0.2, 0.25) is 5.91 Å². The van der Waals surface area contributed by atoms with Crippen LogP contribution in [-0.4, -0.2) is 36.0 Å². The molecule has 1 amide bonds. The lowest BCUT2D eigenvalue weighted by molar-refractivity contribution is -0.123. The lowest BCUT2D eigenvalue weighted by atomic mass is 10.1. The average Bonchev–Trinajstić information content (AvgIpc) is 3.01. The van der Waals surface area contributed by atoms with E-state index in [4.69, 9.17) is 17.3 Å². The molecule has 1 aliphatic heterocycles. The minimum absolute atomic E-state index is 0.0197. The summed E-state index contributed by atoms with van der Waals surface area (Å²) >= 11 is 6.12. The minimum Gasteiger partial charge on any atom is -0.353 e. The van der Waals surface area contributed by atoms with Crippen LogP contribution in [0.3, 0.4) is 0 Å². The highest BCUT2D eigenvalue weighted by Gasteiger charge is 2.46. The molecule has 4 nitrogen and oxygen atoms in total. The van der Waals surface area contributed by atoms with Gasteiger partial charge in [0.25, 0.3) is 0 Å². The molecule has 21 heavy (non-hydrogen) atoms. The first-order chi connectivity index (χ1) is 10.1. The van der Waals surface area contributed by atoms with Gasteiger partial charge in [0, 0.05) is 11.6 Å². The normalized spacial score (nSPS) is 22.0. The molecule has 0 aromatic heterocycles. The molecule has 5 heteroatoms. The molecule has 1 heterocycles. The summed E-state index contributed by atoms with van der Waals surface area (Å²) in [6.07, 6.45) is 4.02. The van der Waals surface area contributed by atoms with Crippen molar-refractivity contribution >= 4 is 17.5 Å². The first-order valence-corrected chi connectivity index (χ1v) is 8.03. The van der Waals surface area contributed by atoms with Crippen molar-refractivity contribution in [1.29, 1.82) is 0 Å². The number of benzene rings is 1. The molecule has 1 saturated heterocycles. The molecule has 1 atom stereocenters. The molecule has 3 rings (SSSR count). The quantitative estimate of drug-likeness (QED) is 0.875. The van der Waals surface area contributed by atoms with Crippen LogP contribution in [0.1, 0.15) is 37.3 Å². The van der Waals surface area contributed by atoms with Gasteiger partial charge in [-0.05, 0) is 56.5 Å². The fraction of sp³-hybridized carbons (Fsp3) is 0.562. The summed E-state index contributed by atoms with van der Waals surface area (Å²) < 4.78 is 0. The second-order valence-electron chi connectivity index (χ2n) is 6.18. The number of nitrogens with one attached hydrogen (secondary N) is 1. The van der Waals surface area contributed by atoms with E-state index in [9.17, 15) is 4.79 Å². The Kier molecular flexibility index (Phi) is 4.20. The molecule has 1 aromatic rings. The second kappa shape index (κ2) is 5.95. The van der Waals surface area contributed by atoms with Gasteiger partial charge in [0.1, 0.15) is 0 Å². The Morgan fingerprint density at radius 2 is 2.10 bits per heavy atom. The minimum atomic E-state index is -0.607. The van der Waals surface area contributed by atoms with Gasteiger partial charge in [-0.15, -0.1) is 0 Å². The highest BCUT2D eigenvalue weighted by atomic mass is 35.5. The van der Waals surface area contributed by atoms with E-state index in [2.05, 4.69) is 16.3 Å².